The van der Waals surface area contributed by atoms with E-state index < -0.39 is 0 Å². The molecule has 0 amide bonds. The van der Waals surface area contributed by atoms with E-state index in [1.54, 1.807) is 12.1 Å². The average molecular weight is 278 g/mol. The number of benzene rings is 2. The molecule has 3 heteroatoms. The van der Waals surface area contributed by atoms with Crippen LogP contribution in [0.5, 0.6) is 0 Å². The van der Waals surface area contributed by atoms with Crippen LogP contribution in [-0.2, 0) is 6.54 Å². The monoisotopic (exact) mass is 277 g/mol. The Morgan fingerprint density at radius 1 is 1.16 bits per heavy atom. The van der Waals surface area contributed by atoms with E-state index in [9.17, 15) is 4.39 Å². The van der Waals surface area contributed by atoms with Crippen molar-refractivity contribution < 1.29 is 4.39 Å². The second-order valence-corrected chi connectivity index (χ2v) is 5.23. The second kappa shape index (κ2) is 6.18. The lowest BCUT2D eigenvalue weighted by molar-refractivity contribution is 0.589. The van der Waals surface area contributed by atoms with E-state index in [0.717, 1.165) is 11.1 Å². The van der Waals surface area contributed by atoms with E-state index in [1.165, 1.54) is 6.07 Å². The van der Waals surface area contributed by atoms with Crippen LogP contribution in [0.2, 0.25) is 5.02 Å². The Bertz CT molecular complexity index is 566. The van der Waals surface area contributed by atoms with Crippen LogP contribution in [0.25, 0.3) is 11.1 Å². The molecule has 100 valence electrons. The van der Waals surface area contributed by atoms with Gasteiger partial charge in [-0.05, 0) is 29.3 Å². The van der Waals surface area contributed by atoms with Gasteiger partial charge in [0.25, 0.3) is 0 Å². The zero-order valence-electron chi connectivity index (χ0n) is 11.1. The molecule has 0 saturated carbocycles. The van der Waals surface area contributed by atoms with Crippen molar-refractivity contribution in [3.8, 4) is 11.1 Å². The molecule has 2 rings (SSSR count). The summed E-state index contributed by atoms with van der Waals surface area (Å²) in [6, 6.07) is 12.8. The Hall–Kier alpha value is -1.38. The van der Waals surface area contributed by atoms with Crippen LogP contribution in [0, 0.1) is 5.82 Å². The number of rotatable bonds is 4. The van der Waals surface area contributed by atoms with Gasteiger partial charge in [-0.2, -0.15) is 0 Å². The van der Waals surface area contributed by atoms with Gasteiger partial charge in [0.2, 0.25) is 0 Å². The number of halogens is 2. The van der Waals surface area contributed by atoms with Crippen LogP contribution in [0.4, 0.5) is 4.39 Å². The number of hydrogen-bond donors (Lipinski definition) is 1. The minimum absolute atomic E-state index is 0.215. The highest BCUT2D eigenvalue weighted by Crippen LogP contribution is 2.27. The first-order valence-electron chi connectivity index (χ1n) is 6.34. The van der Waals surface area contributed by atoms with Crippen molar-refractivity contribution in [2.24, 2.45) is 0 Å². The summed E-state index contributed by atoms with van der Waals surface area (Å²) < 4.78 is 13.8. The molecule has 0 saturated heterocycles. The van der Waals surface area contributed by atoms with Gasteiger partial charge in [-0.25, -0.2) is 4.39 Å². The third-order valence-corrected chi connectivity index (χ3v) is 3.30. The normalized spacial score (nSPS) is 11.0. The molecule has 0 heterocycles. The van der Waals surface area contributed by atoms with Crippen molar-refractivity contribution in [1.82, 2.24) is 5.32 Å². The van der Waals surface area contributed by atoms with Crippen molar-refractivity contribution in [2.45, 2.75) is 26.4 Å². The molecule has 0 aromatic heterocycles. The highest BCUT2D eigenvalue weighted by Gasteiger charge is 2.07. The number of hydrogen-bond acceptors (Lipinski definition) is 1. The van der Waals surface area contributed by atoms with Gasteiger partial charge in [0.05, 0.1) is 0 Å². The fourth-order valence-corrected chi connectivity index (χ4v) is 2.07. The van der Waals surface area contributed by atoms with Crippen LogP contribution < -0.4 is 5.32 Å². The molecule has 0 aliphatic carbocycles. The molecular weight excluding hydrogens is 261 g/mol. The molecule has 1 nitrogen and oxygen atoms in total. The minimum atomic E-state index is -0.215. The lowest BCUT2D eigenvalue weighted by Crippen LogP contribution is -2.22. The molecule has 0 aliphatic rings. The molecule has 0 spiro atoms. The van der Waals surface area contributed by atoms with Gasteiger partial charge in [-0.1, -0.05) is 49.7 Å². The lowest BCUT2D eigenvalue weighted by atomic mass is 10.0. The van der Waals surface area contributed by atoms with Crippen molar-refractivity contribution in [3.63, 3.8) is 0 Å². The summed E-state index contributed by atoms with van der Waals surface area (Å²) in [5, 5.41) is 4.02. The van der Waals surface area contributed by atoms with E-state index in [2.05, 4.69) is 19.2 Å². The van der Waals surface area contributed by atoms with Crippen LogP contribution in [0.3, 0.4) is 0 Å². The fraction of sp³-hybridized carbons (Fsp3) is 0.250. The average Bonchev–Trinajstić information content (AvgIpc) is 2.38. The molecule has 19 heavy (non-hydrogen) atoms. The molecule has 1 N–H and O–H groups in total. The van der Waals surface area contributed by atoms with Gasteiger partial charge in [-0.3, -0.25) is 0 Å². The minimum Gasteiger partial charge on any atom is -0.310 e. The maximum Gasteiger partial charge on any atom is 0.131 e. The third kappa shape index (κ3) is 3.55. The van der Waals surface area contributed by atoms with Crippen molar-refractivity contribution >= 4 is 11.6 Å². The summed E-state index contributed by atoms with van der Waals surface area (Å²) in [6.07, 6.45) is 0. The Morgan fingerprint density at radius 2 is 1.89 bits per heavy atom. The molecule has 0 atom stereocenters. The molecule has 0 bridgehead atoms. The van der Waals surface area contributed by atoms with Crippen LogP contribution in [0.1, 0.15) is 19.4 Å². The molecule has 0 aliphatic heterocycles. The summed E-state index contributed by atoms with van der Waals surface area (Å²) in [6.45, 7) is 4.84. The van der Waals surface area contributed by atoms with Crippen molar-refractivity contribution in [2.75, 3.05) is 0 Å². The Kier molecular flexibility index (Phi) is 4.56. The lowest BCUT2D eigenvalue weighted by Gasteiger charge is -2.11. The maximum absolute atomic E-state index is 13.8. The Morgan fingerprint density at radius 3 is 2.58 bits per heavy atom. The van der Waals surface area contributed by atoms with E-state index in [1.807, 2.05) is 24.3 Å². The van der Waals surface area contributed by atoms with Gasteiger partial charge >= 0.3 is 0 Å². The largest absolute Gasteiger partial charge is 0.310 e. The Balaban J connectivity index is 2.33. The van der Waals surface area contributed by atoms with Gasteiger partial charge in [0.1, 0.15) is 5.82 Å². The molecule has 2 aromatic carbocycles. The zero-order valence-corrected chi connectivity index (χ0v) is 11.8. The predicted molar refractivity (Wildman–Crippen MR) is 78.8 cm³/mol. The predicted octanol–water partition coefficient (Wildman–Crippen LogP) is 4.64. The van der Waals surface area contributed by atoms with E-state index >= 15 is 0 Å². The number of nitrogens with one attached hydrogen (secondary N) is 1. The van der Waals surface area contributed by atoms with Gasteiger partial charge < -0.3 is 5.32 Å². The molecule has 2 aromatic rings. The van der Waals surface area contributed by atoms with Crippen LogP contribution in [-0.4, -0.2) is 6.04 Å². The van der Waals surface area contributed by atoms with E-state index in [4.69, 9.17) is 11.6 Å². The second-order valence-electron chi connectivity index (χ2n) is 4.82. The first-order valence-corrected chi connectivity index (χ1v) is 6.72. The Labute approximate surface area is 118 Å². The highest BCUT2D eigenvalue weighted by atomic mass is 35.5. The smallest absolute Gasteiger partial charge is 0.131 e. The summed E-state index contributed by atoms with van der Waals surface area (Å²) in [5.41, 5.74) is 2.43. The summed E-state index contributed by atoms with van der Waals surface area (Å²) >= 11 is 6.17. The SMILES string of the molecule is CC(C)NCc1cc(-c2ccccc2F)ccc1Cl. The topological polar surface area (TPSA) is 12.0 Å². The van der Waals surface area contributed by atoms with Gasteiger partial charge in [0.15, 0.2) is 0 Å². The molecule has 0 radical (unpaired) electrons. The zero-order chi connectivity index (χ0) is 13.8. The fourth-order valence-electron chi connectivity index (χ4n) is 1.89. The maximum atomic E-state index is 13.8. The van der Waals surface area contributed by atoms with Crippen molar-refractivity contribution in [1.29, 1.82) is 0 Å². The highest BCUT2D eigenvalue weighted by molar-refractivity contribution is 6.31. The van der Waals surface area contributed by atoms with Crippen molar-refractivity contribution in [3.05, 3.63) is 58.9 Å². The first kappa shape index (κ1) is 14.0. The van der Waals surface area contributed by atoms with Crippen LogP contribution >= 0.6 is 11.6 Å². The molecule has 0 fully saturated rings. The standard InChI is InChI=1S/C16H17ClFN/c1-11(2)19-10-13-9-12(7-8-15(13)17)14-5-3-4-6-16(14)18/h3-9,11,19H,10H2,1-2H3. The van der Waals surface area contributed by atoms with Gasteiger partial charge in [-0.15, -0.1) is 0 Å². The van der Waals surface area contributed by atoms with Crippen LogP contribution in [0.15, 0.2) is 42.5 Å². The summed E-state index contributed by atoms with van der Waals surface area (Å²) in [4.78, 5) is 0. The summed E-state index contributed by atoms with van der Waals surface area (Å²) in [7, 11) is 0. The molecular formula is C16H17ClFN. The van der Waals surface area contributed by atoms with E-state index in [-0.39, 0.29) is 5.82 Å². The summed E-state index contributed by atoms with van der Waals surface area (Å²) in [5.74, 6) is -0.215. The van der Waals surface area contributed by atoms with E-state index in [0.29, 0.717) is 23.2 Å². The quantitative estimate of drug-likeness (QED) is 0.858. The molecule has 0 unspecified atom stereocenters. The third-order valence-electron chi connectivity index (χ3n) is 2.93. The first-order chi connectivity index (χ1) is 9.08. The van der Waals surface area contributed by atoms with Gasteiger partial charge in [0, 0.05) is 23.2 Å².